The molecular weight excluding hydrogens is 354 g/mol. The zero-order valence-corrected chi connectivity index (χ0v) is 16.2. The van der Waals surface area contributed by atoms with Crippen LogP contribution in [0.1, 0.15) is 49.4 Å². The summed E-state index contributed by atoms with van der Waals surface area (Å²) in [6, 6.07) is 6.40. The number of amides is 1. The van der Waals surface area contributed by atoms with Crippen LogP contribution in [0.5, 0.6) is 0 Å². The van der Waals surface area contributed by atoms with Crippen LogP contribution < -0.4 is 4.90 Å². The first-order chi connectivity index (χ1) is 13.8. The highest BCUT2D eigenvalue weighted by Gasteiger charge is 2.33. The Morgan fingerprint density at radius 2 is 2.00 bits per heavy atom. The van der Waals surface area contributed by atoms with Crippen molar-refractivity contribution in [1.82, 2.24) is 19.7 Å². The number of rotatable bonds is 3. The fourth-order valence-corrected chi connectivity index (χ4v) is 4.66. The lowest BCUT2D eigenvalue weighted by Gasteiger charge is -2.35. The van der Waals surface area contributed by atoms with Crippen molar-refractivity contribution in [3.63, 3.8) is 0 Å². The minimum atomic E-state index is -0.216. The van der Waals surface area contributed by atoms with Crippen molar-refractivity contribution in [3.8, 4) is 0 Å². The van der Waals surface area contributed by atoms with Gasteiger partial charge in [0.05, 0.1) is 24.5 Å². The first-order valence-electron chi connectivity index (χ1n) is 10.4. The van der Waals surface area contributed by atoms with Crippen LogP contribution in [0.3, 0.4) is 0 Å². The first-order valence-corrected chi connectivity index (χ1v) is 10.4. The molecule has 0 spiro atoms. The highest BCUT2D eigenvalue weighted by molar-refractivity contribution is 5.81. The number of likely N-dealkylation sites (tertiary alicyclic amines) is 1. The van der Waals surface area contributed by atoms with E-state index in [4.69, 9.17) is 9.84 Å². The summed E-state index contributed by atoms with van der Waals surface area (Å²) in [6.45, 7) is 4.02. The maximum Gasteiger partial charge on any atom is 0.251 e. The Morgan fingerprint density at radius 1 is 1.11 bits per heavy atom. The number of carbonyl (C=O) groups excluding carboxylic acids is 1. The summed E-state index contributed by atoms with van der Waals surface area (Å²) in [7, 11) is 0. The molecule has 3 aliphatic heterocycles. The van der Waals surface area contributed by atoms with Crippen LogP contribution >= 0.6 is 0 Å². The molecule has 1 atom stereocenters. The van der Waals surface area contributed by atoms with Gasteiger partial charge in [-0.15, -0.1) is 0 Å². The molecule has 7 heteroatoms. The molecule has 0 aliphatic carbocycles. The van der Waals surface area contributed by atoms with Gasteiger partial charge in [-0.2, -0.15) is 5.10 Å². The first kappa shape index (κ1) is 17.7. The van der Waals surface area contributed by atoms with Crippen molar-refractivity contribution >= 4 is 11.7 Å². The number of pyridine rings is 1. The lowest BCUT2D eigenvalue weighted by Crippen LogP contribution is -2.46. The Hall–Kier alpha value is -2.41. The summed E-state index contributed by atoms with van der Waals surface area (Å²) in [6.07, 6.45) is 8.58. The topological polar surface area (TPSA) is 63.5 Å². The lowest BCUT2D eigenvalue weighted by atomic mass is 10.0. The van der Waals surface area contributed by atoms with Gasteiger partial charge in [-0.25, -0.2) is 4.98 Å². The molecule has 0 bridgehead atoms. The Bertz CT molecular complexity index is 823. The van der Waals surface area contributed by atoms with Gasteiger partial charge < -0.3 is 14.5 Å². The summed E-state index contributed by atoms with van der Waals surface area (Å²) >= 11 is 0. The van der Waals surface area contributed by atoms with Crippen LogP contribution in [-0.4, -0.2) is 51.4 Å². The van der Waals surface area contributed by atoms with E-state index in [1.54, 1.807) is 0 Å². The van der Waals surface area contributed by atoms with Gasteiger partial charge in [0, 0.05) is 38.0 Å². The normalized spacial score (nSPS) is 23.1. The van der Waals surface area contributed by atoms with Crippen LogP contribution in [0.4, 0.5) is 5.82 Å². The monoisotopic (exact) mass is 381 g/mol. The number of hydrogen-bond donors (Lipinski definition) is 0. The van der Waals surface area contributed by atoms with Crippen molar-refractivity contribution < 1.29 is 9.53 Å². The highest BCUT2D eigenvalue weighted by atomic mass is 16.5. The molecule has 5 rings (SSSR count). The number of fused-ring (bicyclic) bond motifs is 1. The third-order valence-corrected chi connectivity index (χ3v) is 6.24. The number of anilines is 1. The van der Waals surface area contributed by atoms with Gasteiger partial charge in [-0.3, -0.25) is 9.48 Å². The maximum atomic E-state index is 12.7. The predicted molar refractivity (Wildman–Crippen MR) is 105 cm³/mol. The molecule has 0 radical (unpaired) electrons. The quantitative estimate of drug-likeness (QED) is 0.818. The van der Waals surface area contributed by atoms with Gasteiger partial charge in [0.25, 0.3) is 5.91 Å². The third-order valence-electron chi connectivity index (χ3n) is 6.24. The van der Waals surface area contributed by atoms with Crippen molar-refractivity contribution in [3.05, 3.63) is 41.9 Å². The van der Waals surface area contributed by atoms with Crippen molar-refractivity contribution in [2.24, 2.45) is 0 Å². The summed E-state index contributed by atoms with van der Waals surface area (Å²) in [5, 5.41) is 4.69. The summed E-state index contributed by atoms with van der Waals surface area (Å²) in [4.78, 5) is 21.5. The minimum Gasteiger partial charge on any atom is -0.368 e. The van der Waals surface area contributed by atoms with E-state index in [2.05, 4.69) is 20.6 Å². The lowest BCUT2D eigenvalue weighted by molar-refractivity contribution is -0.147. The minimum absolute atomic E-state index is 0.185. The second-order valence-electron chi connectivity index (χ2n) is 8.02. The molecule has 2 aromatic heterocycles. The standard InChI is InChI=1S/C21H27N5O2/c27-21(19-5-2-4-12-28-19)24-10-7-17(8-11-24)26-18-15-25(14-16(18)13-23-26)20-6-1-3-9-22-20/h1,3,6,9,13,17,19H,2,4-5,7-8,10-12,14-15H2. The number of aromatic nitrogens is 3. The number of ether oxygens (including phenoxy) is 1. The molecule has 5 heterocycles. The number of carbonyl (C=O) groups is 1. The van der Waals surface area contributed by atoms with E-state index >= 15 is 0 Å². The van der Waals surface area contributed by atoms with Crippen LogP contribution in [0.15, 0.2) is 30.6 Å². The molecule has 148 valence electrons. The van der Waals surface area contributed by atoms with Crippen molar-refractivity contribution in [1.29, 1.82) is 0 Å². The van der Waals surface area contributed by atoms with Gasteiger partial charge in [0.2, 0.25) is 0 Å². The maximum absolute atomic E-state index is 12.7. The number of piperidine rings is 1. The molecular formula is C21H27N5O2. The highest BCUT2D eigenvalue weighted by Crippen LogP contribution is 2.32. The molecule has 28 heavy (non-hydrogen) atoms. The molecule has 7 nitrogen and oxygen atoms in total. The molecule has 1 amide bonds. The second kappa shape index (κ2) is 7.54. The fraction of sp³-hybridized carbons (Fsp3) is 0.571. The zero-order valence-electron chi connectivity index (χ0n) is 16.2. The average molecular weight is 381 g/mol. The number of nitrogens with zero attached hydrogens (tertiary/aromatic N) is 5. The van der Waals surface area contributed by atoms with Crippen LogP contribution in [-0.2, 0) is 22.6 Å². The van der Waals surface area contributed by atoms with Gasteiger partial charge in [-0.05, 0) is 44.2 Å². The van der Waals surface area contributed by atoms with E-state index in [1.807, 2.05) is 29.4 Å². The smallest absolute Gasteiger partial charge is 0.251 e. The summed E-state index contributed by atoms with van der Waals surface area (Å²) < 4.78 is 7.89. The second-order valence-corrected chi connectivity index (χ2v) is 8.02. The SMILES string of the molecule is O=C(C1CCCCO1)N1CCC(n2ncc3c2CN(c2ccccn2)C3)CC1. The van der Waals surface area contributed by atoms with E-state index in [0.29, 0.717) is 6.04 Å². The summed E-state index contributed by atoms with van der Waals surface area (Å²) in [5.74, 6) is 1.20. The molecule has 0 saturated carbocycles. The summed E-state index contributed by atoms with van der Waals surface area (Å²) in [5.41, 5.74) is 2.59. The fourth-order valence-electron chi connectivity index (χ4n) is 4.66. The van der Waals surface area contributed by atoms with Crippen LogP contribution in [0.25, 0.3) is 0 Å². The molecule has 0 N–H and O–H groups in total. The Morgan fingerprint density at radius 3 is 2.75 bits per heavy atom. The molecule has 2 saturated heterocycles. The van der Waals surface area contributed by atoms with E-state index in [0.717, 1.165) is 70.7 Å². The van der Waals surface area contributed by atoms with E-state index in [9.17, 15) is 4.79 Å². The molecule has 1 unspecified atom stereocenters. The van der Waals surface area contributed by atoms with Crippen molar-refractivity contribution in [2.75, 3.05) is 24.6 Å². The third kappa shape index (κ3) is 3.28. The largest absolute Gasteiger partial charge is 0.368 e. The Kier molecular flexibility index (Phi) is 4.76. The van der Waals surface area contributed by atoms with E-state index < -0.39 is 0 Å². The molecule has 3 aliphatic rings. The van der Waals surface area contributed by atoms with Gasteiger partial charge in [-0.1, -0.05) is 6.07 Å². The Labute approximate surface area is 165 Å². The number of hydrogen-bond acceptors (Lipinski definition) is 5. The van der Waals surface area contributed by atoms with Gasteiger partial charge in [0.1, 0.15) is 11.9 Å². The van der Waals surface area contributed by atoms with E-state index in [-0.39, 0.29) is 12.0 Å². The molecule has 2 aromatic rings. The molecule has 2 fully saturated rings. The van der Waals surface area contributed by atoms with Gasteiger partial charge >= 0.3 is 0 Å². The average Bonchev–Trinajstić information content (AvgIpc) is 3.36. The van der Waals surface area contributed by atoms with Gasteiger partial charge in [0.15, 0.2) is 0 Å². The van der Waals surface area contributed by atoms with E-state index in [1.165, 1.54) is 11.3 Å². The van der Waals surface area contributed by atoms with Crippen LogP contribution in [0.2, 0.25) is 0 Å². The Balaban J connectivity index is 1.22. The van der Waals surface area contributed by atoms with Crippen LogP contribution in [0, 0.1) is 0 Å². The zero-order chi connectivity index (χ0) is 18.9. The molecule has 0 aromatic carbocycles. The predicted octanol–water partition coefficient (Wildman–Crippen LogP) is 2.53. The van der Waals surface area contributed by atoms with Crippen molar-refractivity contribution in [2.45, 2.75) is 57.3 Å².